The average Bonchev–Trinajstić information content (AvgIpc) is 2.51. The molecule has 1 aromatic rings. The summed E-state index contributed by atoms with van der Waals surface area (Å²) in [6, 6.07) is 9.30. The van der Waals surface area contributed by atoms with Crippen molar-refractivity contribution < 1.29 is 0 Å². The SMILES string of the molecule is C=CCCCCCC(NN)C1CCCc2ccccc21. The Labute approximate surface area is 123 Å². The highest BCUT2D eigenvalue weighted by Gasteiger charge is 2.26. The van der Waals surface area contributed by atoms with Crippen LogP contribution in [0.3, 0.4) is 0 Å². The Morgan fingerprint density at radius 1 is 1.30 bits per heavy atom. The molecule has 0 radical (unpaired) electrons. The molecule has 0 amide bonds. The summed E-state index contributed by atoms with van der Waals surface area (Å²) in [5.41, 5.74) is 6.13. The summed E-state index contributed by atoms with van der Waals surface area (Å²) in [7, 11) is 0. The molecule has 0 spiro atoms. The standard InChI is InChI=1S/C18H28N2/c1-2-3-4-5-6-14-18(20-19)17-13-9-11-15-10-7-8-12-16(15)17/h2,7-8,10,12,17-18,20H,1,3-6,9,11,13-14,19H2. The number of hydrogen-bond donors (Lipinski definition) is 2. The monoisotopic (exact) mass is 272 g/mol. The van der Waals surface area contributed by atoms with Crippen LogP contribution < -0.4 is 11.3 Å². The molecule has 0 aliphatic heterocycles. The molecular formula is C18H28N2. The van der Waals surface area contributed by atoms with Gasteiger partial charge in [-0.1, -0.05) is 43.2 Å². The summed E-state index contributed by atoms with van der Waals surface area (Å²) < 4.78 is 0. The maximum absolute atomic E-state index is 5.84. The number of unbranched alkanes of at least 4 members (excludes halogenated alkanes) is 3. The fourth-order valence-corrected chi connectivity index (χ4v) is 3.44. The molecule has 1 aromatic carbocycles. The van der Waals surface area contributed by atoms with Crippen LogP contribution in [0.4, 0.5) is 0 Å². The van der Waals surface area contributed by atoms with Crippen LogP contribution in [0.25, 0.3) is 0 Å². The summed E-state index contributed by atoms with van der Waals surface area (Å²) >= 11 is 0. The molecular weight excluding hydrogens is 244 g/mol. The van der Waals surface area contributed by atoms with Crippen molar-refractivity contribution in [2.45, 2.75) is 63.3 Å². The van der Waals surface area contributed by atoms with Crippen LogP contribution in [0.2, 0.25) is 0 Å². The van der Waals surface area contributed by atoms with Gasteiger partial charge < -0.3 is 0 Å². The zero-order valence-electron chi connectivity index (χ0n) is 12.5. The lowest BCUT2D eigenvalue weighted by atomic mass is 9.77. The maximum atomic E-state index is 5.84. The number of nitrogens with one attached hydrogen (secondary N) is 1. The van der Waals surface area contributed by atoms with E-state index in [9.17, 15) is 0 Å². The second-order valence-corrected chi connectivity index (χ2v) is 5.90. The van der Waals surface area contributed by atoms with E-state index in [1.807, 2.05) is 6.08 Å². The molecule has 2 unspecified atom stereocenters. The van der Waals surface area contributed by atoms with E-state index in [-0.39, 0.29) is 0 Å². The van der Waals surface area contributed by atoms with E-state index in [4.69, 9.17) is 5.84 Å². The molecule has 2 rings (SSSR count). The minimum atomic E-state index is 0.417. The van der Waals surface area contributed by atoms with Gasteiger partial charge in [0.1, 0.15) is 0 Å². The average molecular weight is 272 g/mol. The third-order valence-corrected chi connectivity index (χ3v) is 4.54. The lowest BCUT2D eigenvalue weighted by Gasteiger charge is -2.32. The fraction of sp³-hybridized carbons (Fsp3) is 0.556. The van der Waals surface area contributed by atoms with E-state index in [1.165, 1.54) is 56.1 Å². The van der Waals surface area contributed by atoms with Gasteiger partial charge in [0.05, 0.1) is 0 Å². The minimum Gasteiger partial charge on any atom is -0.271 e. The molecule has 0 saturated heterocycles. The molecule has 2 heteroatoms. The Morgan fingerprint density at radius 2 is 2.15 bits per heavy atom. The third kappa shape index (κ3) is 3.94. The largest absolute Gasteiger partial charge is 0.271 e. The molecule has 0 bridgehead atoms. The van der Waals surface area contributed by atoms with Crippen molar-refractivity contribution in [1.82, 2.24) is 5.43 Å². The highest BCUT2D eigenvalue weighted by Crippen LogP contribution is 2.35. The van der Waals surface area contributed by atoms with Gasteiger partial charge >= 0.3 is 0 Å². The van der Waals surface area contributed by atoms with Gasteiger partial charge in [0, 0.05) is 12.0 Å². The number of allylic oxidation sites excluding steroid dienone is 1. The fourth-order valence-electron chi connectivity index (χ4n) is 3.44. The molecule has 0 fully saturated rings. The van der Waals surface area contributed by atoms with E-state index >= 15 is 0 Å². The van der Waals surface area contributed by atoms with E-state index in [0.29, 0.717) is 12.0 Å². The number of benzene rings is 1. The summed E-state index contributed by atoms with van der Waals surface area (Å²) in [5.74, 6) is 6.42. The predicted molar refractivity (Wildman–Crippen MR) is 86.5 cm³/mol. The van der Waals surface area contributed by atoms with E-state index in [0.717, 1.165) is 6.42 Å². The number of aryl methyl sites for hydroxylation is 1. The van der Waals surface area contributed by atoms with Crippen LogP contribution in [0.1, 0.15) is 62.0 Å². The molecule has 1 aliphatic rings. The second-order valence-electron chi connectivity index (χ2n) is 5.90. The van der Waals surface area contributed by atoms with Crippen molar-refractivity contribution in [3.05, 3.63) is 48.0 Å². The number of nitrogens with two attached hydrogens (primary N) is 1. The van der Waals surface area contributed by atoms with Gasteiger partial charge in [-0.2, -0.15) is 0 Å². The van der Waals surface area contributed by atoms with Crippen LogP contribution in [-0.4, -0.2) is 6.04 Å². The molecule has 0 heterocycles. The molecule has 3 N–H and O–H groups in total. The van der Waals surface area contributed by atoms with Crippen molar-refractivity contribution in [2.75, 3.05) is 0 Å². The second kappa shape index (κ2) is 8.23. The first kappa shape index (κ1) is 15.3. The highest BCUT2D eigenvalue weighted by atomic mass is 15.2. The van der Waals surface area contributed by atoms with Gasteiger partial charge in [-0.3, -0.25) is 11.3 Å². The first-order valence-electron chi connectivity index (χ1n) is 8.01. The third-order valence-electron chi connectivity index (χ3n) is 4.54. The topological polar surface area (TPSA) is 38.0 Å². The van der Waals surface area contributed by atoms with Crippen LogP contribution in [0.5, 0.6) is 0 Å². The molecule has 2 atom stereocenters. The first-order chi connectivity index (χ1) is 9.86. The Bertz CT molecular complexity index is 414. The van der Waals surface area contributed by atoms with Gasteiger partial charge in [0.15, 0.2) is 0 Å². The summed E-state index contributed by atoms with van der Waals surface area (Å²) in [6.45, 7) is 3.78. The molecule has 2 nitrogen and oxygen atoms in total. The summed E-state index contributed by atoms with van der Waals surface area (Å²) in [6.07, 6.45) is 11.9. The zero-order valence-corrected chi connectivity index (χ0v) is 12.5. The molecule has 110 valence electrons. The molecule has 20 heavy (non-hydrogen) atoms. The van der Waals surface area contributed by atoms with Crippen LogP contribution in [-0.2, 0) is 6.42 Å². The summed E-state index contributed by atoms with van der Waals surface area (Å²) in [5, 5.41) is 0. The quantitative estimate of drug-likeness (QED) is 0.324. The Morgan fingerprint density at radius 3 is 2.95 bits per heavy atom. The summed E-state index contributed by atoms with van der Waals surface area (Å²) in [4.78, 5) is 0. The maximum Gasteiger partial charge on any atom is 0.0279 e. The van der Waals surface area contributed by atoms with Crippen molar-refractivity contribution in [3.8, 4) is 0 Å². The van der Waals surface area contributed by atoms with Crippen molar-refractivity contribution in [3.63, 3.8) is 0 Å². The smallest absolute Gasteiger partial charge is 0.0279 e. The number of rotatable bonds is 8. The van der Waals surface area contributed by atoms with Crippen LogP contribution >= 0.6 is 0 Å². The Balaban J connectivity index is 1.93. The van der Waals surface area contributed by atoms with Crippen molar-refractivity contribution >= 4 is 0 Å². The molecule has 1 aliphatic carbocycles. The molecule has 0 aromatic heterocycles. The van der Waals surface area contributed by atoms with Gasteiger partial charge in [-0.25, -0.2) is 0 Å². The van der Waals surface area contributed by atoms with Crippen molar-refractivity contribution in [1.29, 1.82) is 0 Å². The van der Waals surface area contributed by atoms with Gasteiger partial charge in [-0.15, -0.1) is 6.58 Å². The van der Waals surface area contributed by atoms with Crippen LogP contribution in [0.15, 0.2) is 36.9 Å². The molecule has 0 saturated carbocycles. The highest BCUT2D eigenvalue weighted by molar-refractivity contribution is 5.33. The lowest BCUT2D eigenvalue weighted by molar-refractivity contribution is 0.367. The normalized spacial score (nSPS) is 19.4. The number of hydrogen-bond acceptors (Lipinski definition) is 2. The number of fused-ring (bicyclic) bond motifs is 1. The predicted octanol–water partition coefficient (Wildman–Crippen LogP) is 4.07. The van der Waals surface area contributed by atoms with E-state index < -0.39 is 0 Å². The first-order valence-corrected chi connectivity index (χ1v) is 8.01. The zero-order chi connectivity index (χ0) is 14.2. The van der Waals surface area contributed by atoms with Crippen LogP contribution in [0, 0.1) is 0 Å². The van der Waals surface area contributed by atoms with Gasteiger partial charge in [-0.05, 0) is 49.7 Å². The van der Waals surface area contributed by atoms with E-state index in [1.54, 1.807) is 0 Å². The van der Waals surface area contributed by atoms with Crippen molar-refractivity contribution in [2.24, 2.45) is 5.84 Å². The Kier molecular flexibility index (Phi) is 6.28. The number of hydrazine groups is 1. The Hall–Kier alpha value is -1.12. The van der Waals surface area contributed by atoms with Gasteiger partial charge in [0.25, 0.3) is 0 Å². The minimum absolute atomic E-state index is 0.417. The lowest BCUT2D eigenvalue weighted by Crippen LogP contribution is -2.40. The van der Waals surface area contributed by atoms with E-state index in [2.05, 4.69) is 36.3 Å². The van der Waals surface area contributed by atoms with Gasteiger partial charge in [0.2, 0.25) is 0 Å².